The molecule has 46 heavy (non-hydrogen) atoms. The summed E-state index contributed by atoms with van der Waals surface area (Å²) < 4.78 is 19.4. The van der Waals surface area contributed by atoms with Crippen LogP contribution in [0.25, 0.3) is 0 Å². The van der Waals surface area contributed by atoms with Gasteiger partial charge in [-0.2, -0.15) is 11.8 Å². The first kappa shape index (κ1) is 42.3. The van der Waals surface area contributed by atoms with Crippen molar-refractivity contribution in [3.8, 4) is 0 Å². The molecular formula is C37H66NO7S+. The first-order valence-electron chi connectivity index (χ1n) is 18.3. The number of ether oxygens (including phenoxy) is 3. The predicted octanol–water partition coefficient (Wildman–Crippen LogP) is 8.27. The second kappa shape index (κ2) is 31.9. The molecule has 2 N–H and O–H groups in total. The number of carbonyl (C=O) groups is 2. The molecule has 1 aromatic heterocycles. The van der Waals surface area contributed by atoms with Crippen molar-refractivity contribution in [2.45, 2.75) is 148 Å². The maximum absolute atomic E-state index is 11.0. The molecule has 1 heterocycles. The third kappa shape index (κ3) is 28.5. The molecule has 1 atom stereocenters. The van der Waals surface area contributed by atoms with E-state index in [1.807, 2.05) is 24.0 Å². The Hall–Kier alpha value is -1.68. The normalized spacial score (nSPS) is 12.0. The molecule has 0 aromatic carbocycles. The van der Waals surface area contributed by atoms with Gasteiger partial charge in [-0.1, -0.05) is 96.8 Å². The molecule has 0 saturated carbocycles. The van der Waals surface area contributed by atoms with E-state index in [9.17, 15) is 9.59 Å². The summed E-state index contributed by atoms with van der Waals surface area (Å²) >= 11 is 1.86. The molecule has 266 valence electrons. The van der Waals surface area contributed by atoms with E-state index in [1.54, 1.807) is 0 Å². The topological polar surface area (TPSA) is 106 Å². The quantitative estimate of drug-likeness (QED) is 0.0550. The van der Waals surface area contributed by atoms with Crippen LogP contribution in [0, 0.1) is 0 Å². The Balaban J connectivity index is 1.99. The summed E-state index contributed by atoms with van der Waals surface area (Å²) in [6, 6.07) is 4.12. The molecule has 0 aliphatic carbocycles. The third-order valence-electron chi connectivity index (χ3n) is 8.09. The van der Waals surface area contributed by atoms with Crippen molar-refractivity contribution in [1.29, 1.82) is 0 Å². The average Bonchev–Trinajstić information content (AvgIpc) is 3.04. The summed E-state index contributed by atoms with van der Waals surface area (Å²) in [5.74, 6) is 0.284. The lowest BCUT2D eigenvalue weighted by molar-refractivity contribution is -0.698. The van der Waals surface area contributed by atoms with E-state index in [4.69, 9.17) is 24.4 Å². The third-order valence-corrected chi connectivity index (χ3v) is 9.13. The standard InChI is InChI=1S/C37H65NO7S/c1-2-3-4-5-6-7-8-9-10-11-12-13-14-15-22-35(45-33-37(41)42)32-44-26-19-29-46-30-28-43-27-25-38-24-18-21-34(31-38)20-16-17-23-36(39)40/h18,21,24,31,35H,2-17,19-20,22-23,25-30,32-33H2,1H3,(H-,39,40,41,42)/p+1. The maximum atomic E-state index is 11.0. The van der Waals surface area contributed by atoms with Crippen molar-refractivity contribution < 1.29 is 38.6 Å². The van der Waals surface area contributed by atoms with Gasteiger partial charge in [0.25, 0.3) is 0 Å². The molecule has 0 bridgehead atoms. The van der Waals surface area contributed by atoms with Crippen LogP contribution in [0.1, 0.15) is 134 Å². The fourth-order valence-electron chi connectivity index (χ4n) is 5.41. The van der Waals surface area contributed by atoms with E-state index in [0.29, 0.717) is 32.8 Å². The number of hydrogen-bond acceptors (Lipinski definition) is 6. The lowest BCUT2D eigenvalue weighted by Crippen LogP contribution is -2.35. The van der Waals surface area contributed by atoms with Gasteiger partial charge in [0, 0.05) is 30.4 Å². The van der Waals surface area contributed by atoms with Gasteiger partial charge in [-0.15, -0.1) is 0 Å². The second-order valence-corrected chi connectivity index (χ2v) is 13.6. The number of carboxylic acids is 2. The number of hydrogen-bond donors (Lipinski definition) is 2. The average molecular weight is 669 g/mol. The van der Waals surface area contributed by atoms with Crippen LogP contribution in [0.5, 0.6) is 0 Å². The van der Waals surface area contributed by atoms with E-state index in [2.05, 4.69) is 23.8 Å². The number of nitrogens with zero attached hydrogens (tertiary/aromatic N) is 1. The smallest absolute Gasteiger partial charge is 0.329 e. The van der Waals surface area contributed by atoms with Crippen LogP contribution in [0.3, 0.4) is 0 Å². The number of aryl methyl sites for hydroxylation is 1. The van der Waals surface area contributed by atoms with Gasteiger partial charge in [-0.05, 0) is 43.9 Å². The molecule has 0 amide bonds. The van der Waals surface area contributed by atoms with Crippen molar-refractivity contribution in [2.75, 3.05) is 44.5 Å². The van der Waals surface area contributed by atoms with Gasteiger partial charge in [0.1, 0.15) is 13.2 Å². The Bertz CT molecular complexity index is 857. The minimum Gasteiger partial charge on any atom is -0.481 e. The van der Waals surface area contributed by atoms with Crippen molar-refractivity contribution >= 4 is 23.7 Å². The van der Waals surface area contributed by atoms with Crippen molar-refractivity contribution in [3.63, 3.8) is 0 Å². The van der Waals surface area contributed by atoms with Gasteiger partial charge in [0.05, 0.1) is 19.3 Å². The monoisotopic (exact) mass is 668 g/mol. The van der Waals surface area contributed by atoms with E-state index < -0.39 is 11.9 Å². The number of carboxylic acid groups (broad SMARTS) is 2. The van der Waals surface area contributed by atoms with E-state index in [1.165, 1.54) is 89.0 Å². The lowest BCUT2D eigenvalue weighted by Gasteiger charge is -2.17. The van der Waals surface area contributed by atoms with Crippen LogP contribution in [-0.4, -0.2) is 72.8 Å². The van der Waals surface area contributed by atoms with Crippen LogP contribution in [0.2, 0.25) is 0 Å². The highest BCUT2D eigenvalue weighted by Crippen LogP contribution is 2.15. The SMILES string of the molecule is CCCCCCCCCCCCCCCCC(COCCCSCCOCC[n+]1cccc(CCCCC(=O)O)c1)OCC(=O)O. The number of rotatable bonds is 35. The molecule has 0 saturated heterocycles. The fraction of sp³-hybridized carbons (Fsp3) is 0.811. The Morgan fingerprint density at radius 3 is 2.09 bits per heavy atom. The summed E-state index contributed by atoms with van der Waals surface area (Å²) in [7, 11) is 0. The number of aromatic nitrogens is 1. The van der Waals surface area contributed by atoms with Crippen LogP contribution in [0.4, 0.5) is 0 Å². The minimum atomic E-state index is -0.929. The van der Waals surface area contributed by atoms with E-state index in [-0.39, 0.29) is 19.1 Å². The van der Waals surface area contributed by atoms with Crippen LogP contribution >= 0.6 is 11.8 Å². The van der Waals surface area contributed by atoms with Crippen molar-refractivity contribution in [1.82, 2.24) is 0 Å². The molecule has 1 unspecified atom stereocenters. The van der Waals surface area contributed by atoms with Gasteiger partial charge in [0.15, 0.2) is 18.9 Å². The number of thioether (sulfide) groups is 1. The first-order chi connectivity index (χ1) is 22.5. The van der Waals surface area contributed by atoms with Crippen LogP contribution in [0.15, 0.2) is 24.5 Å². The summed E-state index contributed by atoms with van der Waals surface area (Å²) in [5.41, 5.74) is 1.22. The molecule has 0 aliphatic rings. The van der Waals surface area contributed by atoms with Gasteiger partial charge in [0.2, 0.25) is 0 Å². The highest BCUT2D eigenvalue weighted by Gasteiger charge is 2.12. The predicted molar refractivity (Wildman–Crippen MR) is 188 cm³/mol. The molecule has 0 fully saturated rings. The zero-order valence-electron chi connectivity index (χ0n) is 29.0. The van der Waals surface area contributed by atoms with Crippen molar-refractivity contribution in [3.05, 3.63) is 30.1 Å². The molecule has 0 spiro atoms. The Morgan fingerprint density at radius 1 is 0.761 bits per heavy atom. The van der Waals surface area contributed by atoms with Crippen molar-refractivity contribution in [2.24, 2.45) is 0 Å². The van der Waals surface area contributed by atoms with Crippen LogP contribution < -0.4 is 4.57 Å². The minimum absolute atomic E-state index is 0.148. The highest BCUT2D eigenvalue weighted by atomic mass is 32.2. The molecular weight excluding hydrogens is 602 g/mol. The Labute approximate surface area is 284 Å². The Kier molecular flexibility index (Phi) is 29.4. The van der Waals surface area contributed by atoms with Gasteiger partial charge < -0.3 is 24.4 Å². The maximum Gasteiger partial charge on any atom is 0.329 e. The van der Waals surface area contributed by atoms with Gasteiger partial charge in [-0.3, -0.25) is 4.79 Å². The highest BCUT2D eigenvalue weighted by molar-refractivity contribution is 7.99. The van der Waals surface area contributed by atoms with E-state index in [0.717, 1.165) is 50.2 Å². The number of aliphatic carboxylic acids is 2. The summed E-state index contributed by atoms with van der Waals surface area (Å²) in [6.07, 6.45) is 27.1. The molecule has 9 heteroatoms. The summed E-state index contributed by atoms with van der Waals surface area (Å²) in [6.45, 7) is 5.29. The summed E-state index contributed by atoms with van der Waals surface area (Å²) in [4.78, 5) is 21.6. The molecule has 0 aliphatic heterocycles. The molecule has 0 radical (unpaired) electrons. The second-order valence-electron chi connectivity index (χ2n) is 12.4. The zero-order valence-corrected chi connectivity index (χ0v) is 29.8. The largest absolute Gasteiger partial charge is 0.481 e. The Morgan fingerprint density at radius 2 is 1.43 bits per heavy atom. The number of pyridine rings is 1. The molecule has 8 nitrogen and oxygen atoms in total. The van der Waals surface area contributed by atoms with E-state index >= 15 is 0 Å². The molecule has 1 rings (SSSR count). The first-order valence-corrected chi connectivity index (χ1v) is 19.4. The van der Waals surface area contributed by atoms with Gasteiger partial charge >= 0.3 is 11.9 Å². The fourth-order valence-corrected chi connectivity index (χ4v) is 6.17. The number of unbranched alkanes of at least 4 members (excludes halogenated alkanes) is 14. The summed E-state index contributed by atoms with van der Waals surface area (Å²) in [5, 5.41) is 17.8. The van der Waals surface area contributed by atoms with Crippen LogP contribution in [-0.2, 0) is 36.8 Å². The molecule has 1 aromatic rings. The zero-order chi connectivity index (χ0) is 33.3. The van der Waals surface area contributed by atoms with Gasteiger partial charge in [-0.25, -0.2) is 9.36 Å². The lowest BCUT2D eigenvalue weighted by atomic mass is 10.0.